The van der Waals surface area contributed by atoms with Gasteiger partial charge in [0.25, 0.3) is 5.56 Å². The predicted octanol–water partition coefficient (Wildman–Crippen LogP) is -0.191. The van der Waals surface area contributed by atoms with Gasteiger partial charge in [-0.3, -0.25) is 9.89 Å². The number of rotatable bonds is 1. The van der Waals surface area contributed by atoms with Crippen molar-refractivity contribution >= 4 is 11.6 Å². The van der Waals surface area contributed by atoms with Gasteiger partial charge in [0.2, 0.25) is 0 Å². The smallest absolute Gasteiger partial charge is 0.358 e. The summed E-state index contributed by atoms with van der Waals surface area (Å²) < 4.78 is 5.86. The van der Waals surface area contributed by atoms with Crippen LogP contribution in [0.4, 0.5) is 0 Å². The van der Waals surface area contributed by atoms with E-state index in [0.29, 0.717) is 5.65 Å². The van der Waals surface area contributed by atoms with Crippen LogP contribution in [0, 0.1) is 0 Å². The van der Waals surface area contributed by atoms with Crippen molar-refractivity contribution in [2.75, 3.05) is 7.11 Å². The van der Waals surface area contributed by atoms with E-state index < -0.39 is 5.97 Å². The average molecular weight is 193 g/mol. The number of H-pyrrole nitrogens is 1. The van der Waals surface area contributed by atoms with Crippen molar-refractivity contribution < 1.29 is 9.53 Å². The van der Waals surface area contributed by atoms with Crippen molar-refractivity contribution in [2.45, 2.75) is 0 Å². The lowest BCUT2D eigenvalue weighted by Gasteiger charge is -1.89. The molecule has 0 atom stereocenters. The fourth-order valence-corrected chi connectivity index (χ4v) is 1.11. The third-order valence-corrected chi connectivity index (χ3v) is 1.74. The molecule has 6 heteroatoms. The Kier molecular flexibility index (Phi) is 1.81. The highest BCUT2D eigenvalue weighted by molar-refractivity contribution is 5.87. The first-order chi connectivity index (χ1) is 6.70. The number of imidazole rings is 1. The molecule has 0 unspecified atom stereocenters. The van der Waals surface area contributed by atoms with Gasteiger partial charge in [-0.25, -0.2) is 14.3 Å². The van der Waals surface area contributed by atoms with Crippen LogP contribution in [0.25, 0.3) is 5.65 Å². The number of esters is 1. The molecule has 0 amide bonds. The Balaban J connectivity index is 2.62. The second-order valence-electron chi connectivity index (χ2n) is 2.66. The van der Waals surface area contributed by atoms with E-state index in [2.05, 4.69) is 14.8 Å². The molecule has 1 N–H and O–H groups in total. The topological polar surface area (TPSA) is 76.5 Å². The average Bonchev–Trinajstić information content (AvgIpc) is 2.59. The normalized spacial score (nSPS) is 10.4. The van der Waals surface area contributed by atoms with E-state index in [1.165, 1.54) is 30.0 Å². The number of carbonyl (C=O) groups excluding carboxylic acids is 1. The zero-order valence-corrected chi connectivity index (χ0v) is 7.35. The van der Waals surface area contributed by atoms with Gasteiger partial charge < -0.3 is 4.74 Å². The summed E-state index contributed by atoms with van der Waals surface area (Å²) in [4.78, 5) is 25.9. The summed E-state index contributed by atoms with van der Waals surface area (Å²) in [6, 6.07) is 2.86. The maximum Gasteiger partial charge on any atom is 0.358 e. The molecule has 0 bridgehead atoms. The highest BCUT2D eigenvalue weighted by Gasteiger charge is 2.10. The molecule has 6 nitrogen and oxygen atoms in total. The highest BCUT2D eigenvalue weighted by Crippen LogP contribution is 2.01. The number of nitrogens with zero attached hydrogens (tertiary/aromatic N) is 2. The molecule has 0 spiro atoms. The van der Waals surface area contributed by atoms with Crippen LogP contribution in [-0.2, 0) is 4.74 Å². The van der Waals surface area contributed by atoms with Crippen LogP contribution in [0.5, 0.6) is 0 Å². The van der Waals surface area contributed by atoms with Gasteiger partial charge in [-0.2, -0.15) is 0 Å². The summed E-state index contributed by atoms with van der Waals surface area (Å²) in [7, 11) is 1.27. The molecule has 14 heavy (non-hydrogen) atoms. The molecule has 0 saturated heterocycles. The fraction of sp³-hybridized carbons (Fsp3) is 0.125. The Labute approximate surface area is 78.1 Å². The largest absolute Gasteiger partial charge is 0.464 e. The molecular weight excluding hydrogens is 186 g/mol. The van der Waals surface area contributed by atoms with Gasteiger partial charge in [0.1, 0.15) is 0 Å². The number of hydrogen-bond donors (Lipinski definition) is 1. The standard InChI is InChI=1S/C8H7N3O3/c1-14-8(13)5-4-11-6(9-5)2-3-7(12)10-11/h2-4H,1H3,(H,10,12). The van der Waals surface area contributed by atoms with Crippen molar-refractivity contribution in [3.05, 3.63) is 34.4 Å². The van der Waals surface area contributed by atoms with Crippen molar-refractivity contribution in [3.8, 4) is 0 Å². The van der Waals surface area contributed by atoms with Crippen LogP contribution in [0.3, 0.4) is 0 Å². The molecule has 0 aliphatic rings. The highest BCUT2D eigenvalue weighted by atomic mass is 16.5. The maximum absolute atomic E-state index is 11.1. The SMILES string of the molecule is COC(=O)c1cn2[nH]c(=O)ccc2n1. The Morgan fingerprint density at radius 1 is 1.57 bits per heavy atom. The third-order valence-electron chi connectivity index (χ3n) is 1.74. The first-order valence-corrected chi connectivity index (χ1v) is 3.87. The van der Waals surface area contributed by atoms with Gasteiger partial charge in [0.15, 0.2) is 11.3 Å². The molecule has 0 aromatic carbocycles. The Hall–Kier alpha value is -2.11. The first-order valence-electron chi connectivity index (χ1n) is 3.87. The summed E-state index contributed by atoms with van der Waals surface area (Å²) in [5.74, 6) is -0.533. The van der Waals surface area contributed by atoms with Crippen LogP contribution in [-0.4, -0.2) is 27.7 Å². The van der Waals surface area contributed by atoms with Crippen molar-refractivity contribution in [1.82, 2.24) is 14.6 Å². The maximum atomic E-state index is 11.1. The number of ether oxygens (including phenoxy) is 1. The Morgan fingerprint density at radius 3 is 3.07 bits per heavy atom. The summed E-state index contributed by atoms with van der Waals surface area (Å²) in [5.41, 5.74) is 0.394. The van der Waals surface area contributed by atoms with Crippen LogP contribution in [0.2, 0.25) is 0 Å². The molecule has 2 aromatic heterocycles. The van der Waals surface area contributed by atoms with E-state index >= 15 is 0 Å². The minimum absolute atomic E-state index is 0.161. The van der Waals surface area contributed by atoms with Gasteiger partial charge in [0.05, 0.1) is 13.3 Å². The second-order valence-corrected chi connectivity index (χ2v) is 2.66. The Bertz CT molecular complexity index is 540. The molecule has 0 radical (unpaired) electrons. The summed E-state index contributed by atoms with van der Waals surface area (Å²) >= 11 is 0. The molecule has 2 aromatic rings. The molecule has 2 rings (SSSR count). The zero-order valence-electron chi connectivity index (χ0n) is 7.35. The third kappa shape index (κ3) is 1.26. The monoisotopic (exact) mass is 193 g/mol. The van der Waals surface area contributed by atoms with Crippen LogP contribution < -0.4 is 5.56 Å². The summed E-state index contributed by atoms with van der Waals surface area (Å²) in [6.07, 6.45) is 1.41. The molecule has 0 aliphatic heterocycles. The van der Waals surface area contributed by atoms with E-state index in [1.54, 1.807) is 0 Å². The van der Waals surface area contributed by atoms with E-state index in [4.69, 9.17) is 0 Å². The number of hydrogen-bond acceptors (Lipinski definition) is 4. The molecule has 0 fully saturated rings. The number of aromatic nitrogens is 3. The van der Waals surface area contributed by atoms with Crippen molar-refractivity contribution in [3.63, 3.8) is 0 Å². The molecule has 0 saturated carbocycles. The van der Waals surface area contributed by atoms with Crippen LogP contribution in [0.1, 0.15) is 10.5 Å². The number of methoxy groups -OCH3 is 1. The molecule has 2 heterocycles. The van der Waals surface area contributed by atoms with E-state index in [0.717, 1.165) is 0 Å². The van der Waals surface area contributed by atoms with Gasteiger partial charge in [-0.15, -0.1) is 0 Å². The van der Waals surface area contributed by atoms with E-state index in [9.17, 15) is 9.59 Å². The lowest BCUT2D eigenvalue weighted by atomic mass is 10.5. The minimum atomic E-state index is -0.533. The predicted molar refractivity (Wildman–Crippen MR) is 47.2 cm³/mol. The number of fused-ring (bicyclic) bond motifs is 1. The quantitative estimate of drug-likeness (QED) is 0.637. The Morgan fingerprint density at radius 2 is 2.36 bits per heavy atom. The number of aromatic amines is 1. The van der Waals surface area contributed by atoms with Gasteiger partial charge >= 0.3 is 5.97 Å². The van der Waals surface area contributed by atoms with E-state index in [1.807, 2.05) is 0 Å². The first kappa shape index (κ1) is 8.49. The lowest BCUT2D eigenvalue weighted by Crippen LogP contribution is -2.07. The van der Waals surface area contributed by atoms with Crippen molar-refractivity contribution in [2.24, 2.45) is 0 Å². The lowest BCUT2D eigenvalue weighted by molar-refractivity contribution is 0.0595. The van der Waals surface area contributed by atoms with Gasteiger partial charge in [-0.05, 0) is 6.07 Å². The zero-order chi connectivity index (χ0) is 10.1. The summed E-state index contributed by atoms with van der Waals surface area (Å²) in [6.45, 7) is 0. The number of nitrogens with one attached hydrogen (secondary N) is 1. The molecule has 0 aliphatic carbocycles. The van der Waals surface area contributed by atoms with Crippen LogP contribution in [0.15, 0.2) is 23.1 Å². The van der Waals surface area contributed by atoms with Gasteiger partial charge in [-0.1, -0.05) is 0 Å². The molecular formula is C8H7N3O3. The fourth-order valence-electron chi connectivity index (χ4n) is 1.11. The van der Waals surface area contributed by atoms with Crippen LogP contribution >= 0.6 is 0 Å². The number of carbonyl (C=O) groups is 1. The van der Waals surface area contributed by atoms with Gasteiger partial charge in [0, 0.05) is 6.07 Å². The minimum Gasteiger partial charge on any atom is -0.464 e. The second kappa shape index (κ2) is 2.99. The molecule has 72 valence electrons. The van der Waals surface area contributed by atoms with E-state index in [-0.39, 0.29) is 11.3 Å². The van der Waals surface area contributed by atoms with Crippen molar-refractivity contribution in [1.29, 1.82) is 0 Å². The summed E-state index contributed by atoms with van der Waals surface area (Å²) in [5, 5.41) is 2.48.